The highest BCUT2D eigenvalue weighted by Gasteiger charge is 2.34. The zero-order valence-electron chi connectivity index (χ0n) is 12.5. The molecule has 0 bridgehead atoms. The smallest absolute Gasteiger partial charge is 0.244 e. The van der Waals surface area contributed by atoms with Crippen molar-refractivity contribution < 1.29 is 9.59 Å². The molecule has 5 nitrogen and oxygen atoms in total. The minimum absolute atomic E-state index is 0.0618. The number of hydrogen-bond donors (Lipinski definition) is 2. The van der Waals surface area contributed by atoms with Gasteiger partial charge in [0, 0.05) is 19.6 Å². The Balaban J connectivity index is 2.56. The minimum atomic E-state index is -0.484. The summed E-state index contributed by atoms with van der Waals surface area (Å²) in [4.78, 5) is 25.7. The van der Waals surface area contributed by atoms with E-state index in [0.29, 0.717) is 12.5 Å². The molecule has 5 heteroatoms. The summed E-state index contributed by atoms with van der Waals surface area (Å²) in [6.07, 6.45) is 2.93. The van der Waals surface area contributed by atoms with Crippen LogP contribution in [0.4, 0.5) is 0 Å². The monoisotopic (exact) mass is 269 g/mol. The topological polar surface area (TPSA) is 75.4 Å². The van der Waals surface area contributed by atoms with Crippen LogP contribution in [0, 0.1) is 11.8 Å². The van der Waals surface area contributed by atoms with Crippen molar-refractivity contribution in [2.75, 3.05) is 13.6 Å². The van der Waals surface area contributed by atoms with E-state index in [9.17, 15) is 9.59 Å². The van der Waals surface area contributed by atoms with E-state index in [2.05, 4.69) is 12.2 Å². The SMILES string of the molecule is CCN(C)C(=O)C(C)NC(=O)C1CCCC(C)C1N. The van der Waals surface area contributed by atoms with E-state index < -0.39 is 6.04 Å². The second-order valence-corrected chi connectivity index (χ2v) is 5.67. The number of hydrogen-bond acceptors (Lipinski definition) is 3. The number of amides is 2. The third-order valence-electron chi connectivity index (χ3n) is 4.21. The van der Waals surface area contributed by atoms with Crippen LogP contribution in [0.2, 0.25) is 0 Å². The molecule has 0 radical (unpaired) electrons. The molecule has 0 aromatic heterocycles. The molecule has 4 unspecified atom stereocenters. The predicted octanol–water partition coefficient (Wildman–Crippen LogP) is 0.733. The lowest BCUT2D eigenvalue weighted by Crippen LogP contribution is -2.52. The quantitative estimate of drug-likeness (QED) is 0.790. The second-order valence-electron chi connectivity index (χ2n) is 5.67. The highest BCUT2D eigenvalue weighted by Crippen LogP contribution is 2.27. The third kappa shape index (κ3) is 3.93. The molecular formula is C14H27N3O2. The molecule has 1 fully saturated rings. The fourth-order valence-corrected chi connectivity index (χ4v) is 2.62. The normalized spacial score (nSPS) is 28.6. The van der Waals surface area contributed by atoms with Crippen LogP contribution in [0.25, 0.3) is 0 Å². The largest absolute Gasteiger partial charge is 0.344 e. The Bertz CT molecular complexity index is 333. The first-order chi connectivity index (χ1) is 8.88. The van der Waals surface area contributed by atoms with Crippen LogP contribution in [-0.2, 0) is 9.59 Å². The molecule has 0 heterocycles. The molecule has 1 aliphatic carbocycles. The fraction of sp³-hybridized carbons (Fsp3) is 0.857. The number of carbonyl (C=O) groups is 2. The lowest BCUT2D eigenvalue weighted by Gasteiger charge is -2.33. The van der Waals surface area contributed by atoms with Crippen molar-refractivity contribution in [2.24, 2.45) is 17.6 Å². The lowest BCUT2D eigenvalue weighted by molar-refractivity contribution is -0.136. The highest BCUT2D eigenvalue weighted by atomic mass is 16.2. The molecule has 3 N–H and O–H groups in total. The Morgan fingerprint density at radius 1 is 1.42 bits per heavy atom. The van der Waals surface area contributed by atoms with Gasteiger partial charge in [-0.2, -0.15) is 0 Å². The number of carbonyl (C=O) groups excluding carboxylic acids is 2. The maximum Gasteiger partial charge on any atom is 0.244 e. The van der Waals surface area contributed by atoms with E-state index in [1.54, 1.807) is 18.9 Å². The Hall–Kier alpha value is -1.10. The summed E-state index contributed by atoms with van der Waals surface area (Å²) in [6, 6.07) is -0.582. The molecule has 4 atom stereocenters. The highest BCUT2D eigenvalue weighted by molar-refractivity contribution is 5.88. The van der Waals surface area contributed by atoms with Crippen LogP contribution in [0.1, 0.15) is 40.0 Å². The first kappa shape index (κ1) is 16.0. The number of nitrogens with two attached hydrogens (primary N) is 1. The molecule has 1 saturated carbocycles. The molecule has 0 aromatic rings. The zero-order valence-corrected chi connectivity index (χ0v) is 12.5. The van der Waals surface area contributed by atoms with E-state index in [1.165, 1.54) is 0 Å². The maximum absolute atomic E-state index is 12.2. The Morgan fingerprint density at radius 3 is 2.63 bits per heavy atom. The van der Waals surface area contributed by atoms with E-state index in [1.807, 2.05) is 6.92 Å². The number of nitrogens with zero attached hydrogens (tertiary/aromatic N) is 1. The van der Waals surface area contributed by atoms with Crippen molar-refractivity contribution in [1.29, 1.82) is 0 Å². The summed E-state index contributed by atoms with van der Waals surface area (Å²) < 4.78 is 0. The summed E-state index contributed by atoms with van der Waals surface area (Å²) >= 11 is 0. The van der Waals surface area contributed by atoms with Gasteiger partial charge in [0.2, 0.25) is 11.8 Å². The van der Waals surface area contributed by atoms with Crippen molar-refractivity contribution in [3.8, 4) is 0 Å². The zero-order chi connectivity index (χ0) is 14.6. The van der Waals surface area contributed by atoms with Gasteiger partial charge in [0.1, 0.15) is 6.04 Å². The van der Waals surface area contributed by atoms with Crippen molar-refractivity contribution in [1.82, 2.24) is 10.2 Å². The second kappa shape index (κ2) is 6.89. The molecule has 0 saturated heterocycles. The summed E-state index contributed by atoms with van der Waals surface area (Å²) in [5.74, 6) is 0.0671. The molecule has 110 valence electrons. The van der Waals surface area contributed by atoms with Gasteiger partial charge in [-0.05, 0) is 32.6 Å². The van der Waals surface area contributed by atoms with Crippen molar-refractivity contribution in [3.05, 3.63) is 0 Å². The van der Waals surface area contributed by atoms with E-state index >= 15 is 0 Å². The third-order valence-corrected chi connectivity index (χ3v) is 4.21. The molecule has 0 aliphatic heterocycles. The van der Waals surface area contributed by atoms with Gasteiger partial charge in [0.25, 0.3) is 0 Å². The summed E-state index contributed by atoms with van der Waals surface area (Å²) in [6.45, 7) is 6.36. The molecule has 1 aliphatic rings. The lowest BCUT2D eigenvalue weighted by atomic mass is 9.78. The summed E-state index contributed by atoms with van der Waals surface area (Å²) in [5, 5.41) is 2.81. The fourth-order valence-electron chi connectivity index (χ4n) is 2.62. The molecular weight excluding hydrogens is 242 g/mol. The van der Waals surface area contributed by atoms with Gasteiger partial charge < -0.3 is 16.0 Å². The molecule has 0 spiro atoms. The predicted molar refractivity (Wildman–Crippen MR) is 75.4 cm³/mol. The van der Waals surface area contributed by atoms with Crippen LogP contribution in [0.5, 0.6) is 0 Å². The van der Waals surface area contributed by atoms with E-state index in [-0.39, 0.29) is 23.8 Å². The maximum atomic E-state index is 12.2. The van der Waals surface area contributed by atoms with Gasteiger partial charge >= 0.3 is 0 Å². The number of nitrogens with one attached hydrogen (secondary N) is 1. The molecule has 0 aromatic carbocycles. The van der Waals surface area contributed by atoms with Crippen molar-refractivity contribution >= 4 is 11.8 Å². The molecule has 19 heavy (non-hydrogen) atoms. The molecule has 2 amide bonds. The Morgan fingerprint density at radius 2 is 2.05 bits per heavy atom. The molecule has 1 rings (SSSR count). The van der Waals surface area contributed by atoms with Gasteiger partial charge in [-0.3, -0.25) is 9.59 Å². The summed E-state index contributed by atoms with van der Waals surface area (Å²) in [7, 11) is 1.74. The average Bonchev–Trinajstić information content (AvgIpc) is 2.39. The Labute approximate surface area is 115 Å². The first-order valence-electron chi connectivity index (χ1n) is 7.19. The van der Waals surface area contributed by atoms with Gasteiger partial charge in [0.15, 0.2) is 0 Å². The van der Waals surface area contributed by atoms with Crippen molar-refractivity contribution in [2.45, 2.75) is 52.1 Å². The first-order valence-corrected chi connectivity index (χ1v) is 7.19. The number of likely N-dealkylation sites (N-methyl/N-ethyl adjacent to an activating group) is 1. The summed E-state index contributed by atoms with van der Waals surface area (Å²) in [5.41, 5.74) is 6.11. The van der Waals surface area contributed by atoms with Gasteiger partial charge in [-0.1, -0.05) is 13.3 Å². The van der Waals surface area contributed by atoms with Crippen LogP contribution < -0.4 is 11.1 Å². The minimum Gasteiger partial charge on any atom is -0.344 e. The number of rotatable bonds is 4. The van der Waals surface area contributed by atoms with E-state index in [4.69, 9.17) is 5.73 Å². The van der Waals surface area contributed by atoms with Crippen molar-refractivity contribution in [3.63, 3.8) is 0 Å². The van der Waals surface area contributed by atoms with E-state index in [0.717, 1.165) is 19.3 Å². The van der Waals surface area contributed by atoms with Gasteiger partial charge in [0.05, 0.1) is 5.92 Å². The standard InChI is InChI=1S/C14H27N3O2/c1-5-17(4)14(19)10(3)16-13(18)11-8-6-7-9(2)12(11)15/h9-12H,5-8,15H2,1-4H3,(H,16,18). The van der Waals surface area contributed by atoms with Gasteiger partial charge in [-0.25, -0.2) is 0 Å². The van der Waals surface area contributed by atoms with Crippen LogP contribution in [0.15, 0.2) is 0 Å². The average molecular weight is 269 g/mol. The van der Waals surface area contributed by atoms with Gasteiger partial charge in [-0.15, -0.1) is 0 Å². The van der Waals surface area contributed by atoms with Crippen LogP contribution in [-0.4, -0.2) is 42.4 Å². The van der Waals surface area contributed by atoms with Crippen LogP contribution >= 0.6 is 0 Å². The van der Waals surface area contributed by atoms with Crippen LogP contribution in [0.3, 0.4) is 0 Å². The Kier molecular flexibility index (Phi) is 5.79.